The summed E-state index contributed by atoms with van der Waals surface area (Å²) in [5.74, 6) is 1.52. The van der Waals surface area contributed by atoms with Crippen molar-refractivity contribution in [3.05, 3.63) is 67.8 Å². The van der Waals surface area contributed by atoms with E-state index in [1.54, 1.807) is 30.3 Å². The zero-order valence-corrected chi connectivity index (χ0v) is 16.4. The third-order valence-electron chi connectivity index (χ3n) is 4.15. The van der Waals surface area contributed by atoms with Gasteiger partial charge in [0.1, 0.15) is 23.8 Å². The van der Waals surface area contributed by atoms with Crippen LogP contribution in [0.2, 0.25) is 20.1 Å². The van der Waals surface area contributed by atoms with E-state index in [1.165, 1.54) is 0 Å². The highest BCUT2D eigenvalue weighted by Crippen LogP contribution is 2.46. The van der Waals surface area contributed by atoms with Crippen molar-refractivity contribution in [2.75, 3.05) is 0 Å². The smallest absolute Gasteiger partial charge is 0.147 e. The minimum atomic E-state index is 0.197. The zero-order valence-electron chi connectivity index (χ0n) is 13.4. The minimum absolute atomic E-state index is 0.197. The Balaban J connectivity index is 1.73. The molecule has 3 aromatic rings. The lowest BCUT2D eigenvalue weighted by Crippen LogP contribution is -2.00. The molecule has 1 saturated carbocycles. The molecule has 3 nitrogen and oxygen atoms in total. The van der Waals surface area contributed by atoms with E-state index in [2.05, 4.69) is 11.2 Å². The standard InChI is InChI=1S/C19H12Cl4NO2/c20-11-6-7-13(21)16(8-11)25-9-12-18(24-26-19(12)10-4-5-10)17-14(22)2-1-3-15(17)23/h1-3,6-7,10H,4-5,9H2. The van der Waals surface area contributed by atoms with Crippen molar-refractivity contribution in [2.45, 2.75) is 25.4 Å². The monoisotopic (exact) mass is 426 g/mol. The average molecular weight is 428 g/mol. The van der Waals surface area contributed by atoms with Gasteiger partial charge in [-0.25, -0.2) is 0 Å². The molecule has 1 heterocycles. The van der Waals surface area contributed by atoms with Crippen LogP contribution in [0.25, 0.3) is 11.3 Å². The number of ether oxygens (including phenoxy) is 1. The third kappa shape index (κ3) is 3.54. The Morgan fingerprint density at radius 1 is 1.04 bits per heavy atom. The molecule has 1 aliphatic carbocycles. The fourth-order valence-corrected chi connectivity index (χ4v) is 3.62. The van der Waals surface area contributed by atoms with Gasteiger partial charge < -0.3 is 9.26 Å². The number of nitrogens with zero attached hydrogens (tertiary/aromatic N) is 1. The van der Waals surface area contributed by atoms with Gasteiger partial charge in [-0.3, -0.25) is 0 Å². The summed E-state index contributed by atoms with van der Waals surface area (Å²) in [4.78, 5) is 0. The molecule has 133 valence electrons. The predicted molar refractivity (Wildman–Crippen MR) is 104 cm³/mol. The predicted octanol–water partition coefficient (Wildman–Crippen LogP) is 7.21. The largest absolute Gasteiger partial charge is 0.486 e. The SMILES string of the molecule is Clc1[c]c(OCc2c(-c3c(Cl)cccc3Cl)noc2C2CC2)c(Cl)cc1. The van der Waals surface area contributed by atoms with Crippen LogP contribution in [0.5, 0.6) is 5.75 Å². The zero-order chi connectivity index (χ0) is 18.3. The molecule has 0 atom stereocenters. The quantitative estimate of drug-likeness (QED) is 0.431. The van der Waals surface area contributed by atoms with Gasteiger partial charge in [-0.1, -0.05) is 57.6 Å². The summed E-state index contributed by atoms with van der Waals surface area (Å²) in [5.41, 5.74) is 2.03. The van der Waals surface area contributed by atoms with Crippen LogP contribution in [0.4, 0.5) is 0 Å². The van der Waals surface area contributed by atoms with E-state index in [0.717, 1.165) is 24.2 Å². The Hall–Kier alpha value is -1.39. The maximum Gasteiger partial charge on any atom is 0.147 e. The Morgan fingerprint density at radius 3 is 2.46 bits per heavy atom. The van der Waals surface area contributed by atoms with Crippen molar-refractivity contribution >= 4 is 46.4 Å². The molecule has 0 saturated heterocycles. The fraction of sp³-hybridized carbons (Fsp3) is 0.211. The van der Waals surface area contributed by atoms with Gasteiger partial charge in [0.2, 0.25) is 0 Å². The van der Waals surface area contributed by atoms with Gasteiger partial charge >= 0.3 is 0 Å². The second-order valence-corrected chi connectivity index (χ2v) is 7.65. The van der Waals surface area contributed by atoms with Crippen molar-refractivity contribution < 1.29 is 9.26 Å². The van der Waals surface area contributed by atoms with Crippen molar-refractivity contribution in [3.8, 4) is 17.0 Å². The first-order valence-electron chi connectivity index (χ1n) is 7.97. The highest BCUT2D eigenvalue weighted by molar-refractivity contribution is 6.39. The first-order chi connectivity index (χ1) is 12.5. The molecule has 1 aromatic heterocycles. The van der Waals surface area contributed by atoms with E-state index >= 15 is 0 Å². The second kappa shape index (κ2) is 7.32. The van der Waals surface area contributed by atoms with Gasteiger partial charge in [0.05, 0.1) is 25.7 Å². The van der Waals surface area contributed by atoms with Crippen LogP contribution in [0.1, 0.15) is 30.1 Å². The molecule has 1 aliphatic rings. The van der Waals surface area contributed by atoms with Gasteiger partial charge in [0.25, 0.3) is 0 Å². The van der Waals surface area contributed by atoms with Crippen LogP contribution in [-0.4, -0.2) is 5.16 Å². The third-order valence-corrected chi connectivity index (χ3v) is 5.30. The number of rotatable bonds is 5. The van der Waals surface area contributed by atoms with Crippen LogP contribution in [0, 0.1) is 6.07 Å². The van der Waals surface area contributed by atoms with Gasteiger partial charge in [0, 0.05) is 17.5 Å². The van der Waals surface area contributed by atoms with E-state index in [9.17, 15) is 0 Å². The average Bonchev–Trinajstić information content (AvgIpc) is 3.37. The number of hydrogen-bond donors (Lipinski definition) is 0. The molecule has 0 bridgehead atoms. The summed E-state index contributed by atoms with van der Waals surface area (Å²) in [6, 6.07) is 11.5. The van der Waals surface area contributed by atoms with Crippen LogP contribution in [-0.2, 0) is 6.61 Å². The minimum Gasteiger partial charge on any atom is -0.486 e. The maximum absolute atomic E-state index is 6.35. The van der Waals surface area contributed by atoms with Gasteiger partial charge in [-0.15, -0.1) is 0 Å². The Morgan fingerprint density at radius 2 is 1.77 bits per heavy atom. The molecule has 7 heteroatoms. The Kier molecular flexibility index (Phi) is 5.07. The van der Waals surface area contributed by atoms with Gasteiger partial charge in [-0.2, -0.15) is 0 Å². The normalized spacial score (nSPS) is 13.8. The van der Waals surface area contributed by atoms with E-state index in [0.29, 0.717) is 43.0 Å². The summed E-state index contributed by atoms with van der Waals surface area (Å²) in [6.07, 6.45) is 2.11. The van der Waals surface area contributed by atoms with Crippen LogP contribution >= 0.6 is 46.4 Å². The maximum atomic E-state index is 6.35. The lowest BCUT2D eigenvalue weighted by Gasteiger charge is -2.10. The lowest BCUT2D eigenvalue weighted by atomic mass is 10.0. The number of halogens is 4. The summed E-state index contributed by atoms with van der Waals surface area (Å²) < 4.78 is 11.5. The summed E-state index contributed by atoms with van der Waals surface area (Å²) in [5, 5.41) is 6.08. The van der Waals surface area contributed by atoms with Crippen LogP contribution < -0.4 is 4.74 Å². The Labute approximate surface area is 170 Å². The van der Waals surface area contributed by atoms with E-state index in [4.69, 9.17) is 55.7 Å². The topological polar surface area (TPSA) is 35.3 Å². The second-order valence-electron chi connectivity index (χ2n) is 6.02. The van der Waals surface area contributed by atoms with Gasteiger partial charge in [0.15, 0.2) is 0 Å². The molecule has 1 fully saturated rings. The molecular weight excluding hydrogens is 416 g/mol. The van der Waals surface area contributed by atoms with Crippen molar-refractivity contribution in [2.24, 2.45) is 0 Å². The molecule has 0 amide bonds. The lowest BCUT2D eigenvalue weighted by molar-refractivity contribution is 0.300. The van der Waals surface area contributed by atoms with Crippen molar-refractivity contribution in [3.63, 3.8) is 0 Å². The molecule has 0 spiro atoms. The molecule has 0 aliphatic heterocycles. The summed E-state index contributed by atoms with van der Waals surface area (Å²) in [7, 11) is 0. The first-order valence-corrected chi connectivity index (χ1v) is 9.48. The summed E-state index contributed by atoms with van der Waals surface area (Å²) in [6.45, 7) is 0.197. The van der Waals surface area contributed by atoms with Crippen molar-refractivity contribution in [1.29, 1.82) is 0 Å². The number of benzene rings is 2. The highest BCUT2D eigenvalue weighted by Gasteiger charge is 2.33. The van der Waals surface area contributed by atoms with Crippen molar-refractivity contribution in [1.82, 2.24) is 5.16 Å². The molecule has 0 unspecified atom stereocenters. The number of aromatic nitrogens is 1. The van der Waals surface area contributed by atoms with Crippen LogP contribution in [0.3, 0.4) is 0 Å². The van der Waals surface area contributed by atoms with E-state index in [1.807, 2.05) is 0 Å². The van der Waals surface area contributed by atoms with E-state index in [-0.39, 0.29) is 6.61 Å². The van der Waals surface area contributed by atoms with Gasteiger partial charge in [-0.05, 0) is 37.1 Å². The first kappa shape index (κ1) is 18.0. The highest BCUT2D eigenvalue weighted by atomic mass is 35.5. The fourth-order valence-electron chi connectivity index (χ4n) is 2.73. The van der Waals surface area contributed by atoms with E-state index < -0.39 is 0 Å². The molecular formula is C19H12Cl4NO2. The molecule has 4 rings (SSSR count). The number of hydrogen-bond acceptors (Lipinski definition) is 3. The molecule has 26 heavy (non-hydrogen) atoms. The molecule has 0 N–H and O–H groups in total. The molecule has 2 aromatic carbocycles. The van der Waals surface area contributed by atoms with Crippen LogP contribution in [0.15, 0.2) is 34.9 Å². The summed E-state index contributed by atoms with van der Waals surface area (Å²) >= 11 is 24.8. The Bertz CT molecular complexity index is 946. The molecule has 1 radical (unpaired) electrons.